The summed E-state index contributed by atoms with van der Waals surface area (Å²) in [6.07, 6.45) is 0. The van der Waals surface area contributed by atoms with Gasteiger partial charge < -0.3 is 20.7 Å². The van der Waals surface area contributed by atoms with Crippen LogP contribution in [0.4, 0.5) is 5.69 Å². The number of likely N-dealkylation sites (N-methyl/N-ethyl adjacent to an activating group) is 2. The molecule has 0 unspecified atom stereocenters. The second-order valence-electron chi connectivity index (χ2n) is 5.64. The van der Waals surface area contributed by atoms with Crippen molar-refractivity contribution in [3.63, 3.8) is 0 Å². The van der Waals surface area contributed by atoms with E-state index in [1.54, 1.807) is 57.2 Å². The predicted molar refractivity (Wildman–Crippen MR) is 95.4 cm³/mol. The van der Waals surface area contributed by atoms with E-state index in [9.17, 15) is 14.4 Å². The summed E-state index contributed by atoms with van der Waals surface area (Å²) in [6, 6.07) is 6.39. The van der Waals surface area contributed by atoms with Crippen molar-refractivity contribution in [3.05, 3.63) is 24.3 Å². The average molecular weight is 350 g/mol. The SMILES string of the molecule is CCNC(=O)[C@@H](C)NC(=O)CN(C)CC(=O)Nc1cccc(OC)c1. The molecule has 1 atom stereocenters. The number of benzene rings is 1. The Bertz CT molecular complexity index is 606. The largest absolute Gasteiger partial charge is 0.497 e. The van der Waals surface area contributed by atoms with Gasteiger partial charge in [-0.15, -0.1) is 0 Å². The summed E-state index contributed by atoms with van der Waals surface area (Å²) in [5.74, 6) is -0.171. The van der Waals surface area contributed by atoms with Crippen LogP contribution < -0.4 is 20.7 Å². The Labute approximate surface area is 147 Å². The minimum atomic E-state index is -0.619. The van der Waals surface area contributed by atoms with Crippen molar-refractivity contribution in [1.29, 1.82) is 0 Å². The molecule has 1 aromatic rings. The lowest BCUT2D eigenvalue weighted by molar-refractivity contribution is -0.129. The number of hydrogen-bond acceptors (Lipinski definition) is 5. The fraction of sp³-hybridized carbons (Fsp3) is 0.471. The van der Waals surface area contributed by atoms with Crippen LogP contribution in [0.5, 0.6) is 5.75 Å². The van der Waals surface area contributed by atoms with E-state index in [0.717, 1.165) is 0 Å². The molecule has 0 aliphatic rings. The second kappa shape index (κ2) is 10.3. The van der Waals surface area contributed by atoms with Gasteiger partial charge in [-0.25, -0.2) is 0 Å². The Morgan fingerprint density at radius 2 is 1.88 bits per heavy atom. The minimum absolute atomic E-state index is 0.00920. The molecule has 0 saturated heterocycles. The van der Waals surface area contributed by atoms with Crippen molar-refractivity contribution >= 4 is 23.4 Å². The van der Waals surface area contributed by atoms with Crippen LogP contribution in [0.3, 0.4) is 0 Å². The van der Waals surface area contributed by atoms with E-state index in [1.165, 1.54) is 0 Å². The molecular weight excluding hydrogens is 324 g/mol. The van der Waals surface area contributed by atoms with E-state index in [-0.39, 0.29) is 30.8 Å². The molecule has 0 fully saturated rings. The number of nitrogens with zero attached hydrogens (tertiary/aromatic N) is 1. The number of methoxy groups -OCH3 is 1. The van der Waals surface area contributed by atoms with Gasteiger partial charge in [-0.3, -0.25) is 19.3 Å². The Kier molecular flexibility index (Phi) is 8.42. The first-order chi connectivity index (χ1) is 11.8. The van der Waals surface area contributed by atoms with Crippen LogP contribution in [-0.4, -0.2) is 62.5 Å². The van der Waals surface area contributed by atoms with Gasteiger partial charge in [-0.05, 0) is 33.0 Å². The van der Waals surface area contributed by atoms with Gasteiger partial charge in [0.2, 0.25) is 17.7 Å². The van der Waals surface area contributed by atoms with Gasteiger partial charge in [-0.1, -0.05) is 6.07 Å². The number of carbonyl (C=O) groups excluding carboxylic acids is 3. The molecule has 0 radical (unpaired) electrons. The first-order valence-corrected chi connectivity index (χ1v) is 8.05. The molecule has 8 heteroatoms. The highest BCUT2D eigenvalue weighted by molar-refractivity contribution is 5.93. The molecule has 3 N–H and O–H groups in total. The second-order valence-corrected chi connectivity index (χ2v) is 5.64. The van der Waals surface area contributed by atoms with Crippen LogP contribution in [0, 0.1) is 0 Å². The number of rotatable bonds is 9. The maximum atomic E-state index is 12.0. The van der Waals surface area contributed by atoms with Crippen LogP contribution in [0.1, 0.15) is 13.8 Å². The standard InChI is InChI=1S/C17H26N4O4/c1-5-18-17(24)12(2)19-15(22)10-21(3)11-16(23)20-13-7-6-8-14(9-13)25-4/h6-9,12H,5,10-11H2,1-4H3,(H,18,24)(H,19,22)(H,20,23)/t12-/m1/s1. The lowest BCUT2D eigenvalue weighted by atomic mass is 10.3. The summed E-state index contributed by atoms with van der Waals surface area (Å²) >= 11 is 0. The van der Waals surface area contributed by atoms with Crippen molar-refractivity contribution in [2.45, 2.75) is 19.9 Å². The van der Waals surface area contributed by atoms with E-state index in [1.807, 2.05) is 0 Å². The normalized spacial score (nSPS) is 11.6. The highest BCUT2D eigenvalue weighted by Gasteiger charge is 2.16. The maximum Gasteiger partial charge on any atom is 0.242 e. The summed E-state index contributed by atoms with van der Waals surface area (Å²) < 4.78 is 5.10. The fourth-order valence-electron chi connectivity index (χ4n) is 2.13. The molecular formula is C17H26N4O4. The van der Waals surface area contributed by atoms with Crippen molar-refractivity contribution < 1.29 is 19.1 Å². The van der Waals surface area contributed by atoms with Crippen molar-refractivity contribution in [2.24, 2.45) is 0 Å². The molecule has 1 aromatic carbocycles. The van der Waals surface area contributed by atoms with E-state index in [4.69, 9.17) is 4.74 Å². The van der Waals surface area contributed by atoms with Gasteiger partial charge in [0.25, 0.3) is 0 Å². The van der Waals surface area contributed by atoms with Crippen molar-refractivity contribution in [3.8, 4) is 5.75 Å². The molecule has 138 valence electrons. The maximum absolute atomic E-state index is 12.0. The van der Waals surface area contributed by atoms with E-state index in [2.05, 4.69) is 16.0 Å². The summed E-state index contributed by atoms with van der Waals surface area (Å²) in [5, 5.41) is 7.96. The van der Waals surface area contributed by atoms with Gasteiger partial charge in [-0.2, -0.15) is 0 Å². The number of nitrogens with one attached hydrogen (secondary N) is 3. The lowest BCUT2D eigenvalue weighted by Crippen LogP contribution is -2.48. The smallest absolute Gasteiger partial charge is 0.242 e. The number of carbonyl (C=O) groups is 3. The third kappa shape index (κ3) is 7.67. The van der Waals surface area contributed by atoms with Crippen LogP contribution in [0.15, 0.2) is 24.3 Å². The summed E-state index contributed by atoms with van der Waals surface area (Å²) in [4.78, 5) is 37.1. The molecule has 25 heavy (non-hydrogen) atoms. The summed E-state index contributed by atoms with van der Waals surface area (Å²) in [6.45, 7) is 3.97. The first-order valence-electron chi connectivity index (χ1n) is 8.05. The monoisotopic (exact) mass is 350 g/mol. The zero-order valence-corrected chi connectivity index (χ0v) is 15.1. The molecule has 0 heterocycles. The van der Waals surface area contributed by atoms with E-state index < -0.39 is 6.04 Å². The quantitative estimate of drug-likeness (QED) is 0.591. The fourth-order valence-corrected chi connectivity index (χ4v) is 2.13. The minimum Gasteiger partial charge on any atom is -0.497 e. The molecule has 0 aliphatic heterocycles. The summed E-state index contributed by atoms with van der Waals surface area (Å²) in [7, 11) is 3.20. The highest BCUT2D eigenvalue weighted by Crippen LogP contribution is 2.16. The van der Waals surface area contributed by atoms with Crippen molar-refractivity contribution in [2.75, 3.05) is 39.1 Å². The van der Waals surface area contributed by atoms with Gasteiger partial charge in [0.15, 0.2) is 0 Å². The predicted octanol–water partition coefficient (Wildman–Crippen LogP) is 0.206. The van der Waals surface area contributed by atoms with Gasteiger partial charge >= 0.3 is 0 Å². The number of anilines is 1. The molecule has 0 saturated carbocycles. The van der Waals surface area contributed by atoms with Crippen LogP contribution in [0.2, 0.25) is 0 Å². The number of hydrogen-bond donors (Lipinski definition) is 3. The molecule has 0 aliphatic carbocycles. The first kappa shape index (κ1) is 20.4. The zero-order valence-electron chi connectivity index (χ0n) is 15.1. The van der Waals surface area contributed by atoms with Gasteiger partial charge in [0.05, 0.1) is 20.2 Å². The number of ether oxygens (including phenoxy) is 1. The Balaban J connectivity index is 2.41. The molecule has 8 nitrogen and oxygen atoms in total. The van der Waals surface area contributed by atoms with Crippen LogP contribution >= 0.6 is 0 Å². The number of amides is 3. The third-order valence-corrected chi connectivity index (χ3v) is 3.30. The molecule has 0 bridgehead atoms. The molecule has 0 spiro atoms. The Hall–Kier alpha value is -2.61. The molecule has 1 rings (SSSR count). The Morgan fingerprint density at radius 1 is 1.20 bits per heavy atom. The lowest BCUT2D eigenvalue weighted by Gasteiger charge is -2.18. The zero-order chi connectivity index (χ0) is 18.8. The van der Waals surface area contributed by atoms with Crippen molar-refractivity contribution in [1.82, 2.24) is 15.5 Å². The van der Waals surface area contributed by atoms with E-state index >= 15 is 0 Å². The van der Waals surface area contributed by atoms with Crippen LogP contribution in [-0.2, 0) is 14.4 Å². The third-order valence-electron chi connectivity index (χ3n) is 3.30. The topological polar surface area (TPSA) is 99.8 Å². The molecule has 0 aromatic heterocycles. The Morgan fingerprint density at radius 3 is 2.52 bits per heavy atom. The van der Waals surface area contributed by atoms with Crippen LogP contribution in [0.25, 0.3) is 0 Å². The van der Waals surface area contributed by atoms with E-state index in [0.29, 0.717) is 18.0 Å². The highest BCUT2D eigenvalue weighted by atomic mass is 16.5. The summed E-state index contributed by atoms with van der Waals surface area (Å²) in [5.41, 5.74) is 0.618. The van der Waals surface area contributed by atoms with Gasteiger partial charge in [0.1, 0.15) is 11.8 Å². The molecule has 3 amide bonds. The average Bonchev–Trinajstić information content (AvgIpc) is 2.54. The van der Waals surface area contributed by atoms with Gasteiger partial charge in [0, 0.05) is 18.3 Å².